The van der Waals surface area contributed by atoms with Crippen LogP contribution < -0.4 is 5.73 Å². The van der Waals surface area contributed by atoms with Crippen LogP contribution in [-0.4, -0.2) is 40.2 Å². The second kappa shape index (κ2) is 5.29. The van der Waals surface area contributed by atoms with Gasteiger partial charge in [-0.25, -0.2) is 19.2 Å². The third kappa shape index (κ3) is 3.02. The Hall–Kier alpha value is -1.80. The maximum absolute atomic E-state index is 12.2. The van der Waals surface area contributed by atoms with Crippen LogP contribution in [0.5, 0.6) is 0 Å². The maximum atomic E-state index is 12.2. The van der Waals surface area contributed by atoms with Crippen LogP contribution >= 0.6 is 0 Å². The topological polar surface area (TPSA) is 113 Å². The van der Waals surface area contributed by atoms with Gasteiger partial charge in [0.1, 0.15) is 11.6 Å². The molecule has 0 saturated carbocycles. The minimum atomic E-state index is -1.70. The Morgan fingerprint density at radius 2 is 1.65 bits per heavy atom. The van der Waals surface area contributed by atoms with E-state index in [2.05, 4.69) is 0 Å². The number of quaternary nitrogens is 1. The zero-order chi connectivity index (χ0) is 15.7. The quantitative estimate of drug-likeness (QED) is 0.548. The molecule has 0 aromatic rings. The van der Waals surface area contributed by atoms with Crippen molar-refractivity contribution >= 4 is 23.9 Å². The van der Waals surface area contributed by atoms with Gasteiger partial charge in [0.05, 0.1) is 17.5 Å². The third-order valence-electron chi connectivity index (χ3n) is 2.50. The van der Waals surface area contributed by atoms with Gasteiger partial charge in [-0.3, -0.25) is 0 Å². The highest BCUT2D eigenvalue weighted by Crippen LogP contribution is 2.27. The molecule has 0 bridgehead atoms. The molecule has 8 nitrogen and oxygen atoms in total. The first-order chi connectivity index (χ1) is 9.00. The summed E-state index contributed by atoms with van der Waals surface area (Å²) in [5, 5.41) is 0. The van der Waals surface area contributed by atoms with Crippen molar-refractivity contribution in [2.24, 2.45) is 5.73 Å². The molecule has 112 valence electrons. The smallest absolute Gasteiger partial charge is 0.411 e. The Labute approximate surface area is 116 Å². The molecule has 0 radical (unpaired) electrons. The molecular formula is C12H19N2O6+. The molecule has 2 N–H and O–H groups in total. The number of carbonyl (C=O) groups excluding carboxylic acids is 4. The number of hydroxylamine groups is 3. The van der Waals surface area contributed by atoms with Gasteiger partial charge in [-0.05, 0) is 27.7 Å². The van der Waals surface area contributed by atoms with Crippen molar-refractivity contribution in [1.29, 1.82) is 0 Å². The van der Waals surface area contributed by atoms with E-state index in [0.717, 1.165) is 0 Å². The average Bonchev–Trinajstić information content (AvgIpc) is 2.55. The molecule has 0 aromatic heterocycles. The molecular weight excluding hydrogens is 268 g/mol. The fourth-order valence-electron chi connectivity index (χ4n) is 1.55. The van der Waals surface area contributed by atoms with Crippen LogP contribution in [0.15, 0.2) is 0 Å². The minimum absolute atomic E-state index is 0.190. The highest BCUT2D eigenvalue weighted by Gasteiger charge is 2.64. The lowest BCUT2D eigenvalue weighted by atomic mass is 10.2. The molecule has 1 aliphatic rings. The summed E-state index contributed by atoms with van der Waals surface area (Å²) >= 11 is 0. The lowest BCUT2D eigenvalue weighted by Crippen LogP contribution is -2.60. The van der Waals surface area contributed by atoms with Crippen LogP contribution in [0.3, 0.4) is 0 Å². The molecule has 0 spiro atoms. The fraction of sp³-hybridized carbons (Fsp3) is 0.667. The zero-order valence-electron chi connectivity index (χ0n) is 12.0. The highest BCUT2D eigenvalue weighted by molar-refractivity contribution is 6.00. The predicted octanol–water partition coefficient (Wildman–Crippen LogP) is 0.391. The van der Waals surface area contributed by atoms with Crippen molar-refractivity contribution in [3.8, 4) is 0 Å². The summed E-state index contributed by atoms with van der Waals surface area (Å²) in [6.07, 6.45) is -1.60. The van der Waals surface area contributed by atoms with Crippen LogP contribution in [-0.2, 0) is 24.0 Å². The number of ether oxygens (including phenoxy) is 1. The molecule has 1 aliphatic heterocycles. The molecule has 1 saturated heterocycles. The van der Waals surface area contributed by atoms with Crippen molar-refractivity contribution < 1.29 is 33.4 Å². The Balaban J connectivity index is 3.15. The summed E-state index contributed by atoms with van der Waals surface area (Å²) in [5.41, 5.74) is 4.39. The van der Waals surface area contributed by atoms with Gasteiger partial charge in [0, 0.05) is 0 Å². The van der Waals surface area contributed by atoms with Crippen molar-refractivity contribution in [2.45, 2.75) is 52.2 Å². The van der Waals surface area contributed by atoms with Crippen molar-refractivity contribution in [2.75, 3.05) is 0 Å². The average molecular weight is 287 g/mol. The number of rotatable bonds is 1. The van der Waals surface area contributed by atoms with Crippen LogP contribution in [0.2, 0.25) is 0 Å². The number of likely N-dealkylation sites (tertiary alicyclic amines) is 1. The second-order valence-corrected chi connectivity index (χ2v) is 5.58. The van der Waals surface area contributed by atoms with Crippen LogP contribution in [0.4, 0.5) is 4.79 Å². The Bertz CT molecular complexity index is 447. The maximum Gasteiger partial charge on any atom is 0.576 e. The van der Waals surface area contributed by atoms with Gasteiger partial charge in [-0.2, -0.15) is 4.79 Å². The summed E-state index contributed by atoms with van der Waals surface area (Å²) in [6, 6.07) is -1.08. The van der Waals surface area contributed by atoms with E-state index in [1.807, 2.05) is 0 Å². The first kappa shape index (κ1) is 16.3. The molecule has 8 heteroatoms. The monoisotopic (exact) mass is 287 g/mol. The van der Waals surface area contributed by atoms with Gasteiger partial charge >= 0.3 is 23.9 Å². The summed E-state index contributed by atoms with van der Waals surface area (Å²) in [4.78, 5) is 52.4. The summed E-state index contributed by atoms with van der Waals surface area (Å²) in [6.45, 7) is 6.03. The Kier molecular flexibility index (Phi) is 4.30. The highest BCUT2D eigenvalue weighted by atomic mass is 16.8. The van der Waals surface area contributed by atoms with Gasteiger partial charge in [-0.1, -0.05) is 0 Å². The van der Waals surface area contributed by atoms with E-state index in [1.165, 1.54) is 6.92 Å². The van der Waals surface area contributed by atoms with E-state index in [0.29, 0.717) is 0 Å². The summed E-state index contributed by atoms with van der Waals surface area (Å²) in [7, 11) is 0. The van der Waals surface area contributed by atoms with E-state index in [1.54, 1.807) is 20.8 Å². The molecule has 1 fully saturated rings. The zero-order valence-corrected chi connectivity index (χ0v) is 12.0. The first-order valence-corrected chi connectivity index (χ1v) is 6.19. The predicted molar refractivity (Wildman–Crippen MR) is 65.5 cm³/mol. The Morgan fingerprint density at radius 3 is 2.00 bits per heavy atom. The van der Waals surface area contributed by atoms with E-state index in [-0.39, 0.29) is 12.8 Å². The molecule has 0 aliphatic carbocycles. The number of nitrogens with two attached hydrogens (primary N) is 1. The van der Waals surface area contributed by atoms with Crippen LogP contribution in [0, 0.1) is 0 Å². The van der Waals surface area contributed by atoms with Crippen LogP contribution in [0.25, 0.3) is 0 Å². The normalized spacial score (nSPS) is 19.6. The molecule has 0 aromatic carbocycles. The lowest BCUT2D eigenvalue weighted by Gasteiger charge is -2.26. The van der Waals surface area contributed by atoms with Gasteiger partial charge in [0.25, 0.3) is 0 Å². The van der Waals surface area contributed by atoms with Crippen molar-refractivity contribution in [3.63, 3.8) is 0 Å². The number of carbonyl (C=O) groups is 4. The van der Waals surface area contributed by atoms with E-state index >= 15 is 0 Å². The third-order valence-corrected chi connectivity index (χ3v) is 2.50. The largest absolute Gasteiger partial charge is 0.576 e. The van der Waals surface area contributed by atoms with E-state index in [4.69, 9.17) is 15.3 Å². The standard InChI is InChI=1S/C12H19N2O6/c1-7(13)10(17)20-14(8(15)5-6-9(14)16)11(18)19-12(2,3)4/h7H,5-6,13H2,1-4H3/q+1/t7-/m0/s1. The SMILES string of the molecule is C[C@H](N)C(=O)O[N+]1(C(=O)OC(C)(C)C)C(=O)CCC1=O. The number of hydrogen-bond acceptors (Lipinski definition) is 7. The molecule has 1 rings (SSSR count). The molecule has 3 amide bonds. The summed E-state index contributed by atoms with van der Waals surface area (Å²) < 4.78 is 3.32. The number of amides is 3. The van der Waals surface area contributed by atoms with Gasteiger partial charge in [0.2, 0.25) is 0 Å². The Morgan fingerprint density at radius 1 is 1.20 bits per heavy atom. The number of nitrogens with zero attached hydrogens (tertiary/aromatic N) is 1. The molecule has 1 atom stereocenters. The second-order valence-electron chi connectivity index (χ2n) is 5.58. The molecule has 20 heavy (non-hydrogen) atoms. The van der Waals surface area contributed by atoms with Crippen molar-refractivity contribution in [3.05, 3.63) is 0 Å². The first-order valence-electron chi connectivity index (χ1n) is 6.19. The van der Waals surface area contributed by atoms with Gasteiger partial charge in [0.15, 0.2) is 0 Å². The van der Waals surface area contributed by atoms with E-state index < -0.39 is 40.2 Å². The molecule has 0 unspecified atom stereocenters. The molecule has 1 heterocycles. The fourth-order valence-corrected chi connectivity index (χ4v) is 1.55. The summed E-state index contributed by atoms with van der Waals surface area (Å²) in [5.74, 6) is -2.70. The van der Waals surface area contributed by atoms with E-state index in [9.17, 15) is 19.2 Å². The lowest BCUT2D eigenvalue weighted by molar-refractivity contribution is -0.895. The van der Waals surface area contributed by atoms with Crippen LogP contribution in [0.1, 0.15) is 40.5 Å². The number of imide groups is 3. The van der Waals surface area contributed by atoms with Crippen molar-refractivity contribution in [1.82, 2.24) is 0 Å². The van der Waals surface area contributed by atoms with Gasteiger partial charge in [-0.15, -0.1) is 0 Å². The van der Waals surface area contributed by atoms with Gasteiger partial charge < -0.3 is 10.5 Å². The number of hydrogen-bond donors (Lipinski definition) is 1. The minimum Gasteiger partial charge on any atom is -0.411 e.